The molecule has 2 saturated heterocycles. The van der Waals surface area contributed by atoms with E-state index in [0.717, 1.165) is 0 Å². The summed E-state index contributed by atoms with van der Waals surface area (Å²) >= 11 is 0. The van der Waals surface area contributed by atoms with E-state index in [-0.39, 0.29) is 24.9 Å². The van der Waals surface area contributed by atoms with Crippen LogP contribution in [0.3, 0.4) is 0 Å². The number of hydrogen-bond acceptors (Lipinski definition) is 7. The van der Waals surface area contributed by atoms with E-state index in [4.69, 9.17) is 24.7 Å². The fourth-order valence-electron chi connectivity index (χ4n) is 3.05. The van der Waals surface area contributed by atoms with Gasteiger partial charge in [0.1, 0.15) is 12.2 Å². The minimum absolute atomic E-state index is 0.207. The summed E-state index contributed by atoms with van der Waals surface area (Å²) in [5.74, 6) is 0. The van der Waals surface area contributed by atoms with Crippen molar-refractivity contribution in [3.05, 3.63) is 0 Å². The third-order valence-electron chi connectivity index (χ3n) is 4.29. The molecule has 0 aromatic heterocycles. The summed E-state index contributed by atoms with van der Waals surface area (Å²) in [4.78, 5) is 0. The molecule has 21 heavy (non-hydrogen) atoms. The van der Waals surface area contributed by atoms with E-state index >= 15 is 0 Å². The lowest BCUT2D eigenvalue weighted by molar-refractivity contribution is -0.304. The van der Waals surface area contributed by atoms with Crippen LogP contribution >= 0.6 is 0 Å². The Morgan fingerprint density at radius 3 is 2.29 bits per heavy atom. The molecule has 2 aliphatic rings. The Bertz CT molecular complexity index is 340. The summed E-state index contributed by atoms with van der Waals surface area (Å²) < 4.78 is 22.5. The van der Waals surface area contributed by atoms with Crippen LogP contribution in [0.4, 0.5) is 0 Å². The lowest BCUT2D eigenvalue weighted by atomic mass is 9.86. The van der Waals surface area contributed by atoms with Gasteiger partial charge in [0.15, 0.2) is 12.6 Å². The van der Waals surface area contributed by atoms with Crippen molar-refractivity contribution in [3.8, 4) is 0 Å². The van der Waals surface area contributed by atoms with Gasteiger partial charge in [-0.15, -0.1) is 0 Å². The Kier molecular flexibility index (Phi) is 5.25. The van der Waals surface area contributed by atoms with Gasteiger partial charge in [0, 0.05) is 25.5 Å². The average molecular weight is 305 g/mol. The Morgan fingerprint density at radius 2 is 1.76 bits per heavy atom. The molecule has 0 aromatic carbocycles. The molecule has 0 unspecified atom stereocenters. The number of rotatable bonds is 3. The second-order valence-electron chi connectivity index (χ2n) is 6.34. The maximum Gasteiger partial charge on any atom is 0.161 e. The van der Waals surface area contributed by atoms with Crippen LogP contribution in [-0.2, 0) is 18.9 Å². The first-order valence-corrected chi connectivity index (χ1v) is 7.38. The van der Waals surface area contributed by atoms with Crippen LogP contribution in [0.25, 0.3) is 0 Å². The Labute approximate surface area is 125 Å². The molecule has 2 heterocycles. The summed E-state index contributed by atoms with van der Waals surface area (Å²) in [7, 11) is 1.58. The third-order valence-corrected chi connectivity index (χ3v) is 4.29. The first-order valence-electron chi connectivity index (χ1n) is 7.38. The Balaban J connectivity index is 2.01. The SMILES string of the molecule is CO[C@H]1C[C@@](C)(N)[C@@H](O[C@H]2C[C@H](O)[C@H](O)[C@H](C)O2)[C@H](C)O1. The van der Waals surface area contributed by atoms with Gasteiger partial charge in [-0.1, -0.05) is 0 Å². The molecule has 2 aliphatic heterocycles. The monoisotopic (exact) mass is 305 g/mol. The van der Waals surface area contributed by atoms with Crippen LogP contribution in [0.5, 0.6) is 0 Å². The van der Waals surface area contributed by atoms with E-state index in [2.05, 4.69) is 0 Å². The van der Waals surface area contributed by atoms with Crippen LogP contribution in [0.1, 0.15) is 33.6 Å². The molecule has 4 N–H and O–H groups in total. The largest absolute Gasteiger partial charge is 0.390 e. The molecule has 0 saturated carbocycles. The predicted molar refractivity (Wildman–Crippen MR) is 74.4 cm³/mol. The van der Waals surface area contributed by atoms with Crippen molar-refractivity contribution >= 4 is 0 Å². The van der Waals surface area contributed by atoms with E-state index in [9.17, 15) is 10.2 Å². The fourth-order valence-corrected chi connectivity index (χ4v) is 3.05. The van der Waals surface area contributed by atoms with Crippen molar-refractivity contribution in [1.82, 2.24) is 0 Å². The fraction of sp³-hybridized carbons (Fsp3) is 1.00. The standard InChI is InChI=1S/C14H27NO6/c1-7-12(17)9(16)5-10(19-7)21-13-8(2)20-11(18-4)6-14(13,3)15/h7-13,16-17H,5-6,15H2,1-4H3/t7-,8-,9-,10-,11+,12+,13-,14+/m0/s1. The summed E-state index contributed by atoms with van der Waals surface area (Å²) in [5.41, 5.74) is 5.71. The zero-order valence-electron chi connectivity index (χ0n) is 13.1. The van der Waals surface area contributed by atoms with Gasteiger partial charge in [0.2, 0.25) is 0 Å². The highest BCUT2D eigenvalue weighted by atomic mass is 16.7. The number of aliphatic hydroxyl groups is 2. The number of nitrogens with two attached hydrogens (primary N) is 1. The molecule has 0 aromatic rings. The Hall–Kier alpha value is -0.280. The highest BCUT2D eigenvalue weighted by Gasteiger charge is 2.46. The van der Waals surface area contributed by atoms with Crippen molar-refractivity contribution in [2.75, 3.05) is 7.11 Å². The number of aliphatic hydroxyl groups excluding tert-OH is 2. The van der Waals surface area contributed by atoms with Gasteiger partial charge >= 0.3 is 0 Å². The summed E-state index contributed by atoms with van der Waals surface area (Å²) in [6.07, 6.45) is -3.16. The molecule has 0 radical (unpaired) electrons. The molecule has 0 bridgehead atoms. The molecular weight excluding hydrogens is 278 g/mol. The summed E-state index contributed by atoms with van der Waals surface area (Å²) in [6.45, 7) is 5.46. The maximum atomic E-state index is 9.83. The molecule has 124 valence electrons. The molecule has 7 heteroatoms. The molecule has 0 aliphatic carbocycles. The van der Waals surface area contributed by atoms with Crippen molar-refractivity contribution in [2.24, 2.45) is 5.73 Å². The van der Waals surface area contributed by atoms with Gasteiger partial charge in [-0.05, 0) is 20.8 Å². The van der Waals surface area contributed by atoms with Crippen molar-refractivity contribution < 1.29 is 29.2 Å². The molecule has 7 nitrogen and oxygen atoms in total. The minimum atomic E-state index is -0.896. The maximum absolute atomic E-state index is 9.83. The van der Waals surface area contributed by atoms with Crippen LogP contribution in [0.2, 0.25) is 0 Å². The van der Waals surface area contributed by atoms with Crippen LogP contribution < -0.4 is 5.73 Å². The van der Waals surface area contributed by atoms with Crippen molar-refractivity contribution in [3.63, 3.8) is 0 Å². The van der Waals surface area contributed by atoms with Crippen molar-refractivity contribution in [1.29, 1.82) is 0 Å². The zero-order chi connectivity index (χ0) is 15.8. The highest BCUT2D eigenvalue weighted by Crippen LogP contribution is 2.32. The molecule has 2 fully saturated rings. The van der Waals surface area contributed by atoms with Gasteiger partial charge in [-0.25, -0.2) is 0 Å². The van der Waals surface area contributed by atoms with E-state index in [1.165, 1.54) is 0 Å². The summed E-state index contributed by atoms with van der Waals surface area (Å²) in [5, 5.41) is 19.5. The number of methoxy groups -OCH3 is 1. The molecule has 2 rings (SSSR count). The van der Waals surface area contributed by atoms with E-state index in [1.54, 1.807) is 14.0 Å². The zero-order valence-corrected chi connectivity index (χ0v) is 13.1. The average Bonchev–Trinajstić information content (AvgIpc) is 2.39. The van der Waals surface area contributed by atoms with Gasteiger partial charge in [-0.2, -0.15) is 0 Å². The summed E-state index contributed by atoms with van der Waals surface area (Å²) in [6, 6.07) is 0. The number of hydrogen-bond donors (Lipinski definition) is 3. The van der Waals surface area contributed by atoms with Crippen molar-refractivity contribution in [2.45, 2.75) is 82.3 Å². The van der Waals surface area contributed by atoms with E-state index in [1.807, 2.05) is 13.8 Å². The topological polar surface area (TPSA) is 103 Å². The molecule has 8 atom stereocenters. The smallest absolute Gasteiger partial charge is 0.161 e. The van der Waals surface area contributed by atoms with Gasteiger partial charge in [0.05, 0.1) is 18.3 Å². The first-order chi connectivity index (χ1) is 9.74. The highest BCUT2D eigenvalue weighted by molar-refractivity contribution is 4.97. The molecule has 0 amide bonds. The molecule has 0 spiro atoms. The second kappa shape index (κ2) is 6.45. The van der Waals surface area contributed by atoms with Gasteiger partial charge in [-0.3, -0.25) is 0 Å². The normalized spacial score (nSPS) is 51.9. The third kappa shape index (κ3) is 3.73. The lowest BCUT2D eigenvalue weighted by Gasteiger charge is -2.47. The molecular formula is C14H27NO6. The second-order valence-corrected chi connectivity index (χ2v) is 6.34. The lowest BCUT2D eigenvalue weighted by Crippen LogP contribution is -2.63. The minimum Gasteiger partial charge on any atom is -0.390 e. The van der Waals surface area contributed by atoms with Crippen LogP contribution in [0, 0.1) is 0 Å². The van der Waals surface area contributed by atoms with Gasteiger partial charge in [0.25, 0.3) is 0 Å². The van der Waals surface area contributed by atoms with Crippen LogP contribution in [-0.4, -0.2) is 66.0 Å². The Morgan fingerprint density at radius 1 is 1.14 bits per heavy atom. The van der Waals surface area contributed by atoms with E-state index in [0.29, 0.717) is 6.42 Å². The quantitative estimate of drug-likeness (QED) is 0.659. The van der Waals surface area contributed by atoms with Crippen LogP contribution in [0.15, 0.2) is 0 Å². The van der Waals surface area contributed by atoms with E-state index < -0.39 is 30.1 Å². The number of ether oxygens (including phenoxy) is 4. The first kappa shape index (κ1) is 17.1. The predicted octanol–water partition coefficient (Wildman–Crippen LogP) is -0.273. The van der Waals surface area contributed by atoms with Gasteiger partial charge < -0.3 is 34.9 Å².